The Bertz CT molecular complexity index is 228. The Morgan fingerprint density at radius 3 is 1.53 bits per heavy atom. The molecule has 102 valence electrons. The van der Waals surface area contributed by atoms with Gasteiger partial charge in [0.2, 0.25) is 5.79 Å². The van der Waals surface area contributed by atoms with E-state index in [2.05, 4.69) is 6.92 Å². The molecule has 17 heavy (non-hydrogen) atoms. The number of hydrogen-bond acceptors (Lipinski definition) is 4. The van der Waals surface area contributed by atoms with E-state index in [1.165, 1.54) is 0 Å². The summed E-state index contributed by atoms with van der Waals surface area (Å²) in [5.41, 5.74) is -0.660. The fourth-order valence-corrected chi connectivity index (χ4v) is 1.64. The van der Waals surface area contributed by atoms with Gasteiger partial charge in [-0.25, -0.2) is 9.78 Å². The molecule has 0 aromatic heterocycles. The van der Waals surface area contributed by atoms with Crippen LogP contribution in [0.15, 0.2) is 0 Å². The van der Waals surface area contributed by atoms with Crippen LogP contribution in [0.25, 0.3) is 0 Å². The van der Waals surface area contributed by atoms with Crippen molar-refractivity contribution in [3.8, 4) is 0 Å². The van der Waals surface area contributed by atoms with Crippen molar-refractivity contribution < 1.29 is 19.6 Å². The zero-order valence-electron chi connectivity index (χ0n) is 12.0. The molecule has 0 atom stereocenters. The zero-order chi connectivity index (χ0) is 13.2. The number of hydrogen-bond donors (Lipinski definition) is 0. The third-order valence-corrected chi connectivity index (χ3v) is 2.92. The van der Waals surface area contributed by atoms with Crippen LogP contribution in [-0.4, -0.2) is 17.0 Å². The molecule has 0 bridgehead atoms. The quantitative estimate of drug-likeness (QED) is 0.695. The van der Waals surface area contributed by atoms with E-state index >= 15 is 0 Å². The molecule has 0 spiro atoms. The molecular formula is C13H26O4. The van der Waals surface area contributed by atoms with Crippen LogP contribution in [0.1, 0.15) is 67.2 Å². The summed E-state index contributed by atoms with van der Waals surface area (Å²) >= 11 is 0. The van der Waals surface area contributed by atoms with E-state index in [-0.39, 0.29) is 11.2 Å². The Morgan fingerprint density at radius 1 is 0.765 bits per heavy atom. The van der Waals surface area contributed by atoms with Crippen molar-refractivity contribution in [2.75, 3.05) is 0 Å². The summed E-state index contributed by atoms with van der Waals surface area (Å²) < 4.78 is 0. The lowest BCUT2D eigenvalue weighted by atomic mass is 9.94. The van der Waals surface area contributed by atoms with Crippen LogP contribution >= 0.6 is 0 Å². The predicted octanol–water partition coefficient (Wildman–Crippen LogP) is 3.75. The molecule has 0 saturated carbocycles. The largest absolute Gasteiger partial charge is 0.231 e. The molecule has 0 unspecified atom stereocenters. The van der Waals surface area contributed by atoms with Gasteiger partial charge in [-0.3, -0.25) is 0 Å². The Labute approximate surface area is 104 Å². The van der Waals surface area contributed by atoms with Gasteiger partial charge in [0.25, 0.3) is 0 Å². The molecule has 0 aromatic rings. The van der Waals surface area contributed by atoms with Gasteiger partial charge in [0.05, 0.1) is 11.2 Å². The van der Waals surface area contributed by atoms with E-state index in [0.717, 1.165) is 25.7 Å². The first-order valence-corrected chi connectivity index (χ1v) is 6.42. The van der Waals surface area contributed by atoms with Gasteiger partial charge in [-0.2, -0.15) is 9.78 Å². The van der Waals surface area contributed by atoms with Crippen LogP contribution in [-0.2, 0) is 19.6 Å². The van der Waals surface area contributed by atoms with Gasteiger partial charge >= 0.3 is 0 Å². The SMILES string of the molecule is CCCC1(C)OOC(C)(C)CCC(C)(C)OO1. The predicted molar refractivity (Wildman–Crippen MR) is 65.0 cm³/mol. The molecule has 1 fully saturated rings. The summed E-state index contributed by atoms with van der Waals surface area (Å²) in [6.07, 6.45) is 3.36. The zero-order valence-corrected chi connectivity index (χ0v) is 12.0. The third kappa shape index (κ3) is 4.92. The molecule has 4 nitrogen and oxygen atoms in total. The van der Waals surface area contributed by atoms with E-state index in [1.54, 1.807) is 0 Å². The molecule has 0 aliphatic carbocycles. The Morgan fingerprint density at radius 2 is 1.18 bits per heavy atom. The molecule has 4 heteroatoms. The highest BCUT2D eigenvalue weighted by atomic mass is 17.3. The molecule has 0 radical (unpaired) electrons. The van der Waals surface area contributed by atoms with Crippen molar-refractivity contribution >= 4 is 0 Å². The lowest BCUT2D eigenvalue weighted by Crippen LogP contribution is -2.37. The minimum absolute atomic E-state index is 0.330. The van der Waals surface area contributed by atoms with Gasteiger partial charge in [0.1, 0.15) is 0 Å². The maximum Gasteiger partial charge on any atom is 0.231 e. The van der Waals surface area contributed by atoms with Gasteiger partial charge in [-0.05, 0) is 47.5 Å². The normalized spacial score (nSPS) is 27.9. The van der Waals surface area contributed by atoms with Crippen molar-refractivity contribution in [1.29, 1.82) is 0 Å². The monoisotopic (exact) mass is 246 g/mol. The molecule has 0 N–H and O–H groups in total. The topological polar surface area (TPSA) is 36.9 Å². The highest BCUT2D eigenvalue weighted by Gasteiger charge is 2.37. The van der Waals surface area contributed by atoms with E-state index in [4.69, 9.17) is 19.6 Å². The van der Waals surface area contributed by atoms with E-state index < -0.39 is 5.79 Å². The average molecular weight is 246 g/mol. The third-order valence-electron chi connectivity index (χ3n) is 2.92. The summed E-state index contributed by atoms with van der Waals surface area (Å²) in [6.45, 7) is 12.0. The molecule has 1 heterocycles. The van der Waals surface area contributed by atoms with Crippen LogP contribution in [0.5, 0.6) is 0 Å². The fraction of sp³-hybridized carbons (Fsp3) is 1.00. The minimum atomic E-state index is -0.840. The first-order chi connectivity index (χ1) is 7.68. The van der Waals surface area contributed by atoms with Gasteiger partial charge in [0, 0.05) is 6.42 Å². The lowest BCUT2D eigenvalue weighted by Gasteiger charge is -2.30. The fourth-order valence-electron chi connectivity index (χ4n) is 1.64. The van der Waals surface area contributed by atoms with Crippen molar-refractivity contribution in [2.45, 2.75) is 84.2 Å². The first-order valence-electron chi connectivity index (χ1n) is 6.42. The maximum absolute atomic E-state index is 5.51. The van der Waals surface area contributed by atoms with E-state index in [9.17, 15) is 0 Å². The Kier molecular flexibility index (Phi) is 4.58. The van der Waals surface area contributed by atoms with Gasteiger partial charge in [-0.15, -0.1) is 0 Å². The van der Waals surface area contributed by atoms with Crippen molar-refractivity contribution in [3.63, 3.8) is 0 Å². The van der Waals surface area contributed by atoms with Crippen LogP contribution in [0.3, 0.4) is 0 Å². The molecule has 1 aliphatic heterocycles. The molecular weight excluding hydrogens is 220 g/mol. The van der Waals surface area contributed by atoms with Crippen LogP contribution in [0.2, 0.25) is 0 Å². The number of rotatable bonds is 2. The average Bonchev–Trinajstić information content (AvgIpc) is 2.25. The summed E-state index contributed by atoms with van der Waals surface area (Å²) in [7, 11) is 0. The van der Waals surface area contributed by atoms with Gasteiger partial charge < -0.3 is 0 Å². The second-order valence-corrected chi connectivity index (χ2v) is 6.24. The molecule has 1 saturated heterocycles. The van der Waals surface area contributed by atoms with Crippen molar-refractivity contribution in [2.24, 2.45) is 0 Å². The second kappa shape index (κ2) is 5.22. The minimum Gasteiger partial charge on any atom is -0.228 e. The highest BCUT2D eigenvalue weighted by molar-refractivity contribution is 4.76. The van der Waals surface area contributed by atoms with Crippen LogP contribution in [0.4, 0.5) is 0 Å². The maximum atomic E-state index is 5.51. The van der Waals surface area contributed by atoms with Gasteiger partial charge in [-0.1, -0.05) is 13.3 Å². The van der Waals surface area contributed by atoms with Crippen molar-refractivity contribution in [1.82, 2.24) is 0 Å². The lowest BCUT2D eigenvalue weighted by molar-refractivity contribution is -0.532. The molecule has 0 aromatic carbocycles. The van der Waals surface area contributed by atoms with Crippen LogP contribution in [0, 0.1) is 0 Å². The molecule has 0 amide bonds. The second-order valence-electron chi connectivity index (χ2n) is 6.24. The summed E-state index contributed by atoms with van der Waals surface area (Å²) in [4.78, 5) is 21.9. The first kappa shape index (κ1) is 14.9. The van der Waals surface area contributed by atoms with Crippen molar-refractivity contribution in [3.05, 3.63) is 0 Å². The van der Waals surface area contributed by atoms with E-state index in [0.29, 0.717) is 0 Å². The Hall–Kier alpha value is -0.160. The standard InChI is InChI=1S/C13H26O4/c1-7-8-13(6)16-14-11(2,3)9-10-12(4,5)15-17-13/h7-10H2,1-6H3. The Balaban J connectivity index is 2.78. The van der Waals surface area contributed by atoms with E-state index in [1.807, 2.05) is 34.6 Å². The summed E-state index contributed by atoms with van der Waals surface area (Å²) in [5, 5.41) is 0. The summed E-state index contributed by atoms with van der Waals surface area (Å²) in [5.74, 6) is -0.840. The van der Waals surface area contributed by atoms with Crippen LogP contribution < -0.4 is 0 Å². The summed E-state index contributed by atoms with van der Waals surface area (Å²) in [6, 6.07) is 0. The highest BCUT2D eigenvalue weighted by Crippen LogP contribution is 2.32. The molecule has 1 rings (SSSR count). The van der Waals surface area contributed by atoms with Gasteiger partial charge in [0.15, 0.2) is 0 Å². The molecule has 1 aliphatic rings. The smallest absolute Gasteiger partial charge is 0.228 e.